The molecule has 0 heterocycles. The van der Waals surface area contributed by atoms with Crippen LogP contribution in [-0.4, -0.2) is 25.2 Å². The van der Waals surface area contributed by atoms with Crippen LogP contribution >= 0.6 is 7.67 Å². The second kappa shape index (κ2) is 8.99. The summed E-state index contributed by atoms with van der Waals surface area (Å²) in [4.78, 5) is 11.6. The van der Waals surface area contributed by atoms with E-state index in [0.717, 1.165) is 11.1 Å². The third-order valence-corrected chi connectivity index (χ3v) is 5.22. The highest BCUT2D eigenvalue weighted by molar-refractivity contribution is 7.54. The molecular formula is C16H25N2O4P. The molecule has 2 N–H and O–H groups in total. The lowest BCUT2D eigenvalue weighted by Gasteiger charge is -2.26. The van der Waals surface area contributed by atoms with Gasteiger partial charge in [0.1, 0.15) is 6.04 Å². The standard InChI is InChI=1S/C16H25N2O4P/c1-12(2)13(3)17-23(20,18-14(4)16(19)21-5)22-11-15-9-7-6-8-10-15/h6-10,13-14H,1,11H2,2-5H3,(H2,17,18,20)/t13-,14-,23?/m0/s1. The Kier molecular flexibility index (Phi) is 7.65. The van der Waals surface area contributed by atoms with Gasteiger partial charge >= 0.3 is 13.6 Å². The molecule has 1 aromatic rings. The van der Waals surface area contributed by atoms with Gasteiger partial charge in [0, 0.05) is 6.04 Å². The molecule has 3 atom stereocenters. The highest BCUT2D eigenvalue weighted by Crippen LogP contribution is 2.40. The number of methoxy groups -OCH3 is 1. The van der Waals surface area contributed by atoms with E-state index in [-0.39, 0.29) is 12.6 Å². The molecule has 1 aromatic carbocycles. The van der Waals surface area contributed by atoms with Crippen molar-refractivity contribution < 1.29 is 18.6 Å². The van der Waals surface area contributed by atoms with E-state index in [4.69, 9.17) is 4.52 Å². The summed E-state index contributed by atoms with van der Waals surface area (Å²) < 4.78 is 23.3. The summed E-state index contributed by atoms with van der Waals surface area (Å²) in [5.41, 5.74) is 1.69. The second-order valence-corrected chi connectivity index (χ2v) is 7.26. The van der Waals surface area contributed by atoms with Crippen molar-refractivity contribution in [2.45, 2.75) is 39.5 Å². The maximum Gasteiger partial charge on any atom is 0.342 e. The maximum absolute atomic E-state index is 13.0. The third kappa shape index (κ3) is 6.67. The second-order valence-electron chi connectivity index (χ2n) is 5.38. The number of benzene rings is 1. The summed E-state index contributed by atoms with van der Waals surface area (Å²) in [6, 6.07) is 8.37. The molecule has 0 aliphatic rings. The van der Waals surface area contributed by atoms with Crippen LogP contribution in [0.15, 0.2) is 42.5 Å². The molecule has 0 bridgehead atoms. The normalized spacial score (nSPS) is 16.2. The van der Waals surface area contributed by atoms with Crippen molar-refractivity contribution in [2.75, 3.05) is 7.11 Å². The van der Waals surface area contributed by atoms with Gasteiger partial charge in [-0.05, 0) is 26.3 Å². The van der Waals surface area contributed by atoms with Gasteiger partial charge in [0.25, 0.3) is 0 Å². The minimum Gasteiger partial charge on any atom is -0.468 e. The van der Waals surface area contributed by atoms with Gasteiger partial charge in [-0.1, -0.05) is 42.5 Å². The predicted molar refractivity (Wildman–Crippen MR) is 90.9 cm³/mol. The SMILES string of the molecule is C=C(C)[C@H](C)NP(=O)(N[C@@H](C)C(=O)OC)OCc1ccccc1. The smallest absolute Gasteiger partial charge is 0.342 e. The van der Waals surface area contributed by atoms with Crippen LogP contribution in [0, 0.1) is 0 Å². The molecule has 0 amide bonds. The molecule has 0 aromatic heterocycles. The largest absolute Gasteiger partial charge is 0.468 e. The number of nitrogens with one attached hydrogen (secondary N) is 2. The van der Waals surface area contributed by atoms with Gasteiger partial charge in [0.05, 0.1) is 13.7 Å². The van der Waals surface area contributed by atoms with E-state index >= 15 is 0 Å². The zero-order valence-electron chi connectivity index (χ0n) is 14.0. The molecule has 0 saturated carbocycles. The first kappa shape index (κ1) is 19.6. The van der Waals surface area contributed by atoms with Crippen LogP contribution in [0.25, 0.3) is 0 Å². The molecule has 0 radical (unpaired) electrons. The third-order valence-electron chi connectivity index (χ3n) is 3.28. The molecule has 0 aliphatic heterocycles. The number of hydrogen-bond acceptors (Lipinski definition) is 4. The van der Waals surface area contributed by atoms with Gasteiger partial charge in [0.15, 0.2) is 0 Å². The van der Waals surface area contributed by atoms with Crippen LogP contribution in [0.3, 0.4) is 0 Å². The Morgan fingerprint density at radius 2 is 1.78 bits per heavy atom. The Labute approximate surface area is 137 Å². The van der Waals surface area contributed by atoms with Crippen LogP contribution in [0.5, 0.6) is 0 Å². The van der Waals surface area contributed by atoms with Crippen molar-refractivity contribution in [3.63, 3.8) is 0 Å². The van der Waals surface area contributed by atoms with Gasteiger partial charge in [-0.25, -0.2) is 10.2 Å². The summed E-state index contributed by atoms with van der Waals surface area (Å²) in [7, 11) is -2.20. The Hall–Kier alpha value is -1.46. The Balaban J connectivity index is 2.84. The number of carbonyl (C=O) groups is 1. The molecule has 0 saturated heterocycles. The Morgan fingerprint density at radius 3 is 2.30 bits per heavy atom. The maximum atomic E-state index is 13.0. The predicted octanol–water partition coefficient (Wildman–Crippen LogP) is 3.02. The quantitative estimate of drug-likeness (QED) is 0.409. The summed E-state index contributed by atoms with van der Waals surface area (Å²) in [5, 5.41) is 5.59. The summed E-state index contributed by atoms with van der Waals surface area (Å²) in [5.74, 6) is -0.515. The lowest BCUT2D eigenvalue weighted by molar-refractivity contribution is -0.142. The van der Waals surface area contributed by atoms with Crippen LogP contribution in [-0.2, 0) is 25.2 Å². The average Bonchev–Trinajstić information content (AvgIpc) is 2.52. The first-order valence-electron chi connectivity index (χ1n) is 7.34. The highest BCUT2D eigenvalue weighted by Gasteiger charge is 2.30. The van der Waals surface area contributed by atoms with Crippen molar-refractivity contribution in [3.8, 4) is 0 Å². The van der Waals surface area contributed by atoms with E-state index in [9.17, 15) is 9.36 Å². The lowest BCUT2D eigenvalue weighted by Crippen LogP contribution is -2.39. The van der Waals surface area contributed by atoms with Crippen LogP contribution in [0.2, 0.25) is 0 Å². The highest BCUT2D eigenvalue weighted by atomic mass is 31.2. The van der Waals surface area contributed by atoms with E-state index in [2.05, 4.69) is 21.5 Å². The topological polar surface area (TPSA) is 76.7 Å². The molecule has 0 aliphatic carbocycles. The molecule has 6 nitrogen and oxygen atoms in total. The Bertz CT molecular complexity index is 577. The number of esters is 1. The monoisotopic (exact) mass is 340 g/mol. The van der Waals surface area contributed by atoms with Gasteiger partial charge in [-0.3, -0.25) is 9.36 Å². The summed E-state index contributed by atoms with van der Waals surface area (Å²) in [6.07, 6.45) is 0. The van der Waals surface area contributed by atoms with Crippen LogP contribution in [0.1, 0.15) is 26.3 Å². The summed E-state index contributed by atoms with van der Waals surface area (Å²) >= 11 is 0. The van der Waals surface area contributed by atoms with Crippen molar-refractivity contribution in [1.82, 2.24) is 10.2 Å². The van der Waals surface area contributed by atoms with Gasteiger partial charge in [-0.15, -0.1) is 0 Å². The van der Waals surface area contributed by atoms with E-state index in [0.29, 0.717) is 0 Å². The molecule has 128 valence electrons. The molecule has 0 fully saturated rings. The van der Waals surface area contributed by atoms with E-state index in [1.165, 1.54) is 7.11 Å². The van der Waals surface area contributed by atoms with Gasteiger partial charge in [0.2, 0.25) is 0 Å². The molecule has 1 unspecified atom stereocenters. The minimum absolute atomic E-state index is 0.148. The van der Waals surface area contributed by atoms with Gasteiger partial charge < -0.3 is 9.26 Å². The fraction of sp³-hybridized carbons (Fsp3) is 0.438. The fourth-order valence-corrected chi connectivity index (χ4v) is 3.60. The minimum atomic E-state index is -3.48. The van der Waals surface area contributed by atoms with E-state index < -0.39 is 19.7 Å². The molecule has 1 rings (SSSR count). The van der Waals surface area contributed by atoms with E-state index in [1.54, 1.807) is 6.92 Å². The Morgan fingerprint density at radius 1 is 1.22 bits per heavy atom. The zero-order valence-corrected chi connectivity index (χ0v) is 14.9. The van der Waals surface area contributed by atoms with Crippen molar-refractivity contribution in [2.24, 2.45) is 0 Å². The van der Waals surface area contributed by atoms with E-state index in [1.807, 2.05) is 44.2 Å². The summed E-state index contributed by atoms with van der Waals surface area (Å²) in [6.45, 7) is 9.19. The molecular weight excluding hydrogens is 315 g/mol. The number of rotatable bonds is 9. The number of carbonyl (C=O) groups excluding carboxylic acids is 1. The first-order chi connectivity index (χ1) is 10.8. The van der Waals surface area contributed by atoms with Crippen LogP contribution < -0.4 is 10.2 Å². The molecule has 23 heavy (non-hydrogen) atoms. The fourth-order valence-electron chi connectivity index (χ4n) is 1.70. The molecule has 7 heteroatoms. The average molecular weight is 340 g/mol. The van der Waals surface area contributed by atoms with Gasteiger partial charge in [-0.2, -0.15) is 0 Å². The zero-order chi connectivity index (χ0) is 17.5. The first-order valence-corrected chi connectivity index (χ1v) is 8.97. The van der Waals surface area contributed by atoms with Crippen molar-refractivity contribution in [3.05, 3.63) is 48.0 Å². The van der Waals surface area contributed by atoms with Crippen molar-refractivity contribution >= 4 is 13.6 Å². The van der Waals surface area contributed by atoms with Crippen LogP contribution in [0.4, 0.5) is 0 Å². The number of ether oxygens (including phenoxy) is 1. The lowest BCUT2D eigenvalue weighted by atomic mass is 10.2. The molecule has 0 spiro atoms. The number of hydrogen-bond donors (Lipinski definition) is 2. The van der Waals surface area contributed by atoms with Crippen molar-refractivity contribution in [1.29, 1.82) is 0 Å².